The average Bonchev–Trinajstić information content (AvgIpc) is 2.07. The standard InChI is InChI=1S/C7H9ClN2O2/c1-2-4-9-5-3-6(11)10(8)7(9)12/h3,5H,2,4H2,1H3. The lowest BCUT2D eigenvalue weighted by atomic mass is 10.5. The zero-order chi connectivity index (χ0) is 9.14. The molecule has 0 atom stereocenters. The minimum Gasteiger partial charge on any atom is -0.299 e. The normalized spacial score (nSPS) is 10.2. The van der Waals surface area contributed by atoms with E-state index in [0.29, 0.717) is 10.6 Å². The molecule has 66 valence electrons. The van der Waals surface area contributed by atoms with E-state index >= 15 is 0 Å². The first-order chi connectivity index (χ1) is 5.66. The van der Waals surface area contributed by atoms with Crippen molar-refractivity contribution in [2.24, 2.45) is 0 Å². The molecule has 0 saturated heterocycles. The Bertz CT molecular complexity index is 380. The second-order valence-electron chi connectivity index (χ2n) is 2.41. The zero-order valence-corrected chi connectivity index (χ0v) is 7.41. The first-order valence-corrected chi connectivity index (χ1v) is 3.99. The van der Waals surface area contributed by atoms with Crippen molar-refractivity contribution < 1.29 is 0 Å². The summed E-state index contributed by atoms with van der Waals surface area (Å²) >= 11 is 5.39. The highest BCUT2D eigenvalue weighted by Crippen LogP contribution is 1.83. The fourth-order valence-corrected chi connectivity index (χ4v) is 1.05. The summed E-state index contributed by atoms with van der Waals surface area (Å²) in [7, 11) is 0. The Balaban J connectivity index is 3.27. The van der Waals surface area contributed by atoms with Gasteiger partial charge in [-0.05, 0) is 6.42 Å². The van der Waals surface area contributed by atoms with Gasteiger partial charge in [0.15, 0.2) is 0 Å². The van der Waals surface area contributed by atoms with Gasteiger partial charge in [0.2, 0.25) is 0 Å². The first-order valence-electron chi connectivity index (χ1n) is 3.65. The van der Waals surface area contributed by atoms with E-state index in [2.05, 4.69) is 0 Å². The molecule has 1 aromatic heterocycles. The van der Waals surface area contributed by atoms with Crippen molar-refractivity contribution in [3.8, 4) is 0 Å². The Morgan fingerprint density at radius 1 is 1.50 bits per heavy atom. The third-order valence-corrected chi connectivity index (χ3v) is 1.78. The summed E-state index contributed by atoms with van der Waals surface area (Å²) in [4.78, 5) is 22.0. The molecule has 1 heterocycles. The number of nitrogens with zero attached hydrogens (tertiary/aromatic N) is 2. The Labute approximate surface area is 74.1 Å². The molecular weight excluding hydrogens is 180 g/mol. The van der Waals surface area contributed by atoms with Gasteiger partial charge in [0.05, 0.1) is 0 Å². The van der Waals surface area contributed by atoms with E-state index < -0.39 is 11.2 Å². The van der Waals surface area contributed by atoms with Crippen LogP contribution >= 0.6 is 11.8 Å². The fraction of sp³-hybridized carbons (Fsp3) is 0.429. The highest BCUT2D eigenvalue weighted by Gasteiger charge is 2.00. The minimum atomic E-state index is -0.492. The number of hydrogen-bond acceptors (Lipinski definition) is 2. The Kier molecular flexibility index (Phi) is 2.70. The van der Waals surface area contributed by atoms with Gasteiger partial charge in [-0.1, -0.05) is 6.92 Å². The molecule has 0 fully saturated rings. The Morgan fingerprint density at radius 3 is 2.75 bits per heavy atom. The molecule has 0 aliphatic rings. The molecule has 0 unspecified atom stereocenters. The summed E-state index contributed by atoms with van der Waals surface area (Å²) in [5, 5.41) is 0. The maximum Gasteiger partial charge on any atom is 0.346 e. The minimum absolute atomic E-state index is 0.481. The topological polar surface area (TPSA) is 44.0 Å². The quantitative estimate of drug-likeness (QED) is 0.675. The van der Waals surface area contributed by atoms with Crippen molar-refractivity contribution in [3.05, 3.63) is 33.1 Å². The van der Waals surface area contributed by atoms with Crippen LogP contribution in [0.2, 0.25) is 0 Å². The van der Waals surface area contributed by atoms with E-state index in [-0.39, 0.29) is 0 Å². The zero-order valence-electron chi connectivity index (χ0n) is 6.66. The molecule has 0 aliphatic heterocycles. The lowest BCUT2D eigenvalue weighted by molar-refractivity contribution is 0.623. The third kappa shape index (κ3) is 1.58. The third-order valence-electron chi connectivity index (χ3n) is 1.47. The molecule has 0 N–H and O–H groups in total. The highest BCUT2D eigenvalue weighted by molar-refractivity contribution is 6.15. The van der Waals surface area contributed by atoms with E-state index in [1.165, 1.54) is 16.8 Å². The van der Waals surface area contributed by atoms with Gasteiger partial charge in [-0.15, -0.1) is 0 Å². The number of aryl methyl sites for hydroxylation is 1. The molecule has 0 radical (unpaired) electrons. The van der Waals surface area contributed by atoms with E-state index in [4.69, 9.17) is 11.8 Å². The van der Waals surface area contributed by atoms with Crippen LogP contribution in [-0.4, -0.2) is 8.65 Å². The average molecular weight is 189 g/mol. The van der Waals surface area contributed by atoms with E-state index in [0.717, 1.165) is 6.42 Å². The second kappa shape index (κ2) is 3.58. The molecule has 4 nitrogen and oxygen atoms in total. The largest absolute Gasteiger partial charge is 0.346 e. The van der Waals surface area contributed by atoms with Crippen LogP contribution < -0.4 is 11.2 Å². The van der Waals surface area contributed by atoms with Crippen molar-refractivity contribution in [1.29, 1.82) is 0 Å². The lowest BCUT2D eigenvalue weighted by Crippen LogP contribution is -2.34. The van der Waals surface area contributed by atoms with Crippen molar-refractivity contribution >= 4 is 11.8 Å². The van der Waals surface area contributed by atoms with Gasteiger partial charge >= 0.3 is 5.69 Å². The summed E-state index contributed by atoms with van der Waals surface area (Å²) < 4.78 is 1.98. The van der Waals surface area contributed by atoms with Crippen LogP contribution in [0, 0.1) is 0 Å². The molecule has 5 heteroatoms. The van der Waals surface area contributed by atoms with Crippen molar-refractivity contribution in [2.75, 3.05) is 0 Å². The molecule has 1 rings (SSSR count). The number of halogens is 1. The fourth-order valence-electron chi connectivity index (χ4n) is 0.901. The summed E-state index contributed by atoms with van der Waals surface area (Å²) in [6.45, 7) is 2.52. The van der Waals surface area contributed by atoms with E-state index in [1.807, 2.05) is 6.92 Å². The predicted molar refractivity (Wildman–Crippen MR) is 46.5 cm³/mol. The first kappa shape index (κ1) is 9.06. The lowest BCUT2D eigenvalue weighted by Gasteiger charge is -2.02. The molecule has 1 aromatic rings. The van der Waals surface area contributed by atoms with Gasteiger partial charge in [-0.3, -0.25) is 9.36 Å². The van der Waals surface area contributed by atoms with Gasteiger partial charge in [0.25, 0.3) is 5.56 Å². The molecule has 0 aliphatic carbocycles. The van der Waals surface area contributed by atoms with Crippen LogP contribution in [0.15, 0.2) is 21.9 Å². The summed E-state index contributed by atoms with van der Waals surface area (Å²) in [5.41, 5.74) is -0.972. The maximum absolute atomic E-state index is 11.2. The van der Waals surface area contributed by atoms with Crippen LogP contribution in [0.4, 0.5) is 0 Å². The number of aromatic nitrogens is 2. The van der Waals surface area contributed by atoms with Crippen LogP contribution in [-0.2, 0) is 6.54 Å². The van der Waals surface area contributed by atoms with Gasteiger partial charge in [-0.2, -0.15) is 4.09 Å². The molecule has 0 aromatic carbocycles. The monoisotopic (exact) mass is 188 g/mol. The summed E-state index contributed by atoms with van der Waals surface area (Å²) in [6, 6.07) is 1.27. The van der Waals surface area contributed by atoms with Gasteiger partial charge in [0, 0.05) is 30.6 Å². The Morgan fingerprint density at radius 2 is 2.17 bits per heavy atom. The smallest absolute Gasteiger partial charge is 0.299 e. The van der Waals surface area contributed by atoms with E-state index in [1.54, 1.807) is 0 Å². The van der Waals surface area contributed by atoms with Crippen LogP contribution in [0.25, 0.3) is 0 Å². The van der Waals surface area contributed by atoms with Gasteiger partial charge < -0.3 is 0 Å². The van der Waals surface area contributed by atoms with Crippen LogP contribution in [0.5, 0.6) is 0 Å². The molecule has 12 heavy (non-hydrogen) atoms. The van der Waals surface area contributed by atoms with Gasteiger partial charge in [0.1, 0.15) is 0 Å². The van der Waals surface area contributed by atoms with Crippen LogP contribution in [0.3, 0.4) is 0 Å². The van der Waals surface area contributed by atoms with Crippen molar-refractivity contribution in [2.45, 2.75) is 19.9 Å². The molecular formula is C7H9ClN2O2. The highest BCUT2D eigenvalue weighted by atomic mass is 35.5. The second-order valence-corrected chi connectivity index (χ2v) is 2.75. The Hall–Kier alpha value is -1.03. The van der Waals surface area contributed by atoms with Crippen molar-refractivity contribution in [1.82, 2.24) is 8.65 Å². The molecule has 0 amide bonds. The predicted octanol–water partition coefficient (Wildman–Crippen LogP) is 0.422. The maximum atomic E-state index is 11.2. The van der Waals surface area contributed by atoms with Crippen LogP contribution in [0.1, 0.15) is 13.3 Å². The molecule has 0 saturated carbocycles. The molecule has 0 bridgehead atoms. The van der Waals surface area contributed by atoms with Gasteiger partial charge in [-0.25, -0.2) is 4.79 Å². The number of hydrogen-bond donors (Lipinski definition) is 0. The van der Waals surface area contributed by atoms with Crippen molar-refractivity contribution in [3.63, 3.8) is 0 Å². The van der Waals surface area contributed by atoms with E-state index in [9.17, 15) is 9.59 Å². The summed E-state index contributed by atoms with van der Waals surface area (Å²) in [5.74, 6) is 0. The summed E-state index contributed by atoms with van der Waals surface area (Å²) in [6.07, 6.45) is 2.28. The number of rotatable bonds is 2. The molecule has 0 spiro atoms. The SMILES string of the molecule is CCCn1ccc(=O)n(Cl)c1=O.